The maximum atomic E-state index is 10.7. The average molecular weight is 283 g/mol. The first-order chi connectivity index (χ1) is 8.65. The minimum Gasteiger partial charge on any atom is -0.353 e. The van der Waals surface area contributed by atoms with Gasteiger partial charge in [-0.3, -0.25) is 10.1 Å². The maximum absolute atomic E-state index is 10.7. The smallest absolute Gasteiger partial charge is 0.326 e. The molecular formula is C9H3ClN4O3S. The van der Waals surface area contributed by atoms with E-state index in [0.29, 0.717) is 16.0 Å². The van der Waals surface area contributed by atoms with Gasteiger partial charge in [-0.05, 0) is 11.3 Å². The number of halogens is 1. The lowest BCUT2D eigenvalue weighted by Crippen LogP contribution is -1.87. The molecule has 0 aromatic carbocycles. The molecule has 0 aliphatic carbocycles. The van der Waals surface area contributed by atoms with E-state index in [1.165, 1.54) is 12.3 Å². The molecule has 0 unspecified atom stereocenters. The van der Waals surface area contributed by atoms with Gasteiger partial charge < -0.3 is 4.52 Å². The zero-order valence-electron chi connectivity index (χ0n) is 8.53. The molecule has 3 rings (SSSR count). The SMILES string of the molecule is O=[N+]([O-])c1cc2c(Cl)nc(-c3ccno3)nc2s1. The Morgan fingerprint density at radius 1 is 1.44 bits per heavy atom. The van der Waals surface area contributed by atoms with Crippen molar-refractivity contribution < 1.29 is 9.45 Å². The topological polar surface area (TPSA) is 95.0 Å². The molecule has 0 saturated carbocycles. The number of hydrogen-bond acceptors (Lipinski definition) is 7. The summed E-state index contributed by atoms with van der Waals surface area (Å²) in [5, 5.41) is 14.8. The highest BCUT2D eigenvalue weighted by atomic mass is 35.5. The van der Waals surface area contributed by atoms with E-state index < -0.39 is 4.92 Å². The highest BCUT2D eigenvalue weighted by Gasteiger charge is 2.18. The Balaban J connectivity index is 2.24. The van der Waals surface area contributed by atoms with Crippen molar-refractivity contribution in [1.29, 1.82) is 0 Å². The fourth-order valence-corrected chi connectivity index (χ4v) is 2.53. The largest absolute Gasteiger partial charge is 0.353 e. The number of thiophene rings is 1. The molecular weight excluding hydrogens is 280 g/mol. The number of nitrogens with zero attached hydrogens (tertiary/aromatic N) is 4. The van der Waals surface area contributed by atoms with Crippen LogP contribution in [0.15, 0.2) is 22.9 Å². The van der Waals surface area contributed by atoms with Crippen molar-refractivity contribution in [3.05, 3.63) is 33.6 Å². The zero-order chi connectivity index (χ0) is 12.7. The van der Waals surface area contributed by atoms with Crippen LogP contribution < -0.4 is 0 Å². The number of aromatic nitrogens is 3. The van der Waals surface area contributed by atoms with Crippen LogP contribution in [0.3, 0.4) is 0 Å². The summed E-state index contributed by atoms with van der Waals surface area (Å²) in [5.41, 5.74) is 0. The molecule has 0 atom stereocenters. The quantitative estimate of drug-likeness (QED) is 0.407. The summed E-state index contributed by atoms with van der Waals surface area (Å²) in [4.78, 5) is 18.8. The van der Waals surface area contributed by atoms with E-state index in [1.807, 2.05) is 0 Å². The number of hydrogen-bond donors (Lipinski definition) is 0. The van der Waals surface area contributed by atoms with Crippen molar-refractivity contribution in [2.75, 3.05) is 0 Å². The Labute approximate surface area is 108 Å². The van der Waals surface area contributed by atoms with Crippen LogP contribution in [0.5, 0.6) is 0 Å². The first kappa shape index (κ1) is 11.1. The van der Waals surface area contributed by atoms with Crippen molar-refractivity contribution in [3.8, 4) is 11.6 Å². The minimum atomic E-state index is -0.489. The minimum absolute atomic E-state index is 0.0316. The second-order valence-corrected chi connectivity index (χ2v) is 4.64. The fourth-order valence-electron chi connectivity index (χ4n) is 1.41. The number of nitro groups is 1. The Morgan fingerprint density at radius 3 is 2.94 bits per heavy atom. The van der Waals surface area contributed by atoms with Crippen molar-refractivity contribution in [3.63, 3.8) is 0 Å². The molecule has 9 heteroatoms. The second-order valence-electron chi connectivity index (χ2n) is 3.28. The summed E-state index contributed by atoms with van der Waals surface area (Å²) in [6.07, 6.45) is 1.45. The van der Waals surface area contributed by atoms with Crippen LogP contribution in [-0.4, -0.2) is 20.0 Å². The molecule has 90 valence electrons. The number of fused-ring (bicyclic) bond motifs is 1. The van der Waals surface area contributed by atoms with Crippen molar-refractivity contribution in [1.82, 2.24) is 15.1 Å². The summed E-state index contributed by atoms with van der Waals surface area (Å²) in [7, 11) is 0. The highest BCUT2D eigenvalue weighted by Crippen LogP contribution is 2.34. The van der Waals surface area contributed by atoms with E-state index in [0.717, 1.165) is 11.3 Å². The van der Waals surface area contributed by atoms with Gasteiger partial charge in [0.15, 0.2) is 0 Å². The van der Waals surface area contributed by atoms with Crippen molar-refractivity contribution in [2.45, 2.75) is 0 Å². The first-order valence-electron chi connectivity index (χ1n) is 4.67. The summed E-state index contributed by atoms with van der Waals surface area (Å²) in [6, 6.07) is 2.94. The summed E-state index contributed by atoms with van der Waals surface area (Å²) >= 11 is 6.90. The normalized spacial score (nSPS) is 10.9. The van der Waals surface area contributed by atoms with Gasteiger partial charge in [-0.2, -0.15) is 0 Å². The van der Waals surface area contributed by atoms with E-state index in [4.69, 9.17) is 16.1 Å². The molecule has 3 heterocycles. The third-order valence-corrected chi connectivity index (χ3v) is 3.44. The molecule has 18 heavy (non-hydrogen) atoms. The van der Waals surface area contributed by atoms with E-state index in [-0.39, 0.29) is 16.0 Å². The van der Waals surface area contributed by atoms with Crippen LogP contribution >= 0.6 is 22.9 Å². The molecule has 0 bridgehead atoms. The van der Waals surface area contributed by atoms with Crippen LogP contribution in [-0.2, 0) is 0 Å². The molecule has 0 aliphatic rings. The lowest BCUT2D eigenvalue weighted by Gasteiger charge is -1.96. The predicted molar refractivity (Wildman–Crippen MR) is 64.6 cm³/mol. The third kappa shape index (κ3) is 1.71. The highest BCUT2D eigenvalue weighted by molar-refractivity contribution is 7.21. The Bertz CT molecular complexity index is 740. The van der Waals surface area contributed by atoms with Gasteiger partial charge in [0.2, 0.25) is 11.6 Å². The van der Waals surface area contributed by atoms with Crippen molar-refractivity contribution >= 4 is 38.2 Å². The molecule has 3 aromatic heterocycles. The lowest BCUT2D eigenvalue weighted by atomic mass is 10.4. The molecule has 0 fully saturated rings. The Hall–Kier alpha value is -2.06. The zero-order valence-corrected chi connectivity index (χ0v) is 10.1. The van der Waals surface area contributed by atoms with Gasteiger partial charge >= 0.3 is 5.00 Å². The molecule has 0 amide bonds. The van der Waals surface area contributed by atoms with E-state index in [9.17, 15) is 10.1 Å². The van der Waals surface area contributed by atoms with E-state index in [1.54, 1.807) is 6.07 Å². The third-order valence-electron chi connectivity index (χ3n) is 2.17. The Morgan fingerprint density at radius 2 is 2.28 bits per heavy atom. The second kappa shape index (κ2) is 4.00. The molecule has 0 radical (unpaired) electrons. The summed E-state index contributed by atoms with van der Waals surface area (Å²) in [6.45, 7) is 0. The number of rotatable bonds is 2. The predicted octanol–water partition coefficient (Wildman–Crippen LogP) is 2.91. The van der Waals surface area contributed by atoms with Gasteiger partial charge in [0.05, 0.1) is 16.5 Å². The van der Waals surface area contributed by atoms with Crippen LogP contribution in [0.25, 0.3) is 21.8 Å². The molecule has 0 N–H and O–H groups in total. The first-order valence-corrected chi connectivity index (χ1v) is 5.87. The maximum Gasteiger partial charge on any atom is 0.326 e. The fraction of sp³-hybridized carbons (Fsp3) is 0. The summed E-state index contributed by atoms with van der Waals surface area (Å²) in [5.74, 6) is 0.608. The van der Waals surface area contributed by atoms with Gasteiger partial charge in [0, 0.05) is 12.1 Å². The van der Waals surface area contributed by atoms with Gasteiger partial charge in [-0.15, -0.1) is 0 Å². The molecule has 3 aromatic rings. The average Bonchev–Trinajstić information content (AvgIpc) is 2.97. The van der Waals surface area contributed by atoms with Gasteiger partial charge in [0.25, 0.3) is 0 Å². The summed E-state index contributed by atoms with van der Waals surface area (Å²) < 4.78 is 4.91. The van der Waals surface area contributed by atoms with Crippen LogP contribution in [0.1, 0.15) is 0 Å². The molecule has 0 spiro atoms. The lowest BCUT2D eigenvalue weighted by molar-refractivity contribution is -0.380. The van der Waals surface area contributed by atoms with Crippen LogP contribution in [0.2, 0.25) is 5.15 Å². The molecule has 0 saturated heterocycles. The molecule has 0 aliphatic heterocycles. The molecule has 7 nitrogen and oxygen atoms in total. The van der Waals surface area contributed by atoms with Crippen LogP contribution in [0, 0.1) is 10.1 Å². The van der Waals surface area contributed by atoms with E-state index in [2.05, 4.69) is 15.1 Å². The van der Waals surface area contributed by atoms with Gasteiger partial charge in [0.1, 0.15) is 9.98 Å². The van der Waals surface area contributed by atoms with Gasteiger partial charge in [-0.25, -0.2) is 9.97 Å². The van der Waals surface area contributed by atoms with E-state index >= 15 is 0 Å². The standard InChI is InChI=1S/C9H3ClN4O3S/c10-7-4-3-6(14(15)16)18-9(4)13-8(12-7)5-1-2-11-17-5/h1-3H. The van der Waals surface area contributed by atoms with Gasteiger partial charge in [-0.1, -0.05) is 16.8 Å². The van der Waals surface area contributed by atoms with Crippen molar-refractivity contribution in [2.24, 2.45) is 0 Å². The van der Waals surface area contributed by atoms with Crippen LogP contribution in [0.4, 0.5) is 5.00 Å². The Kier molecular flexibility index (Phi) is 2.46. The monoisotopic (exact) mass is 282 g/mol.